The van der Waals surface area contributed by atoms with Crippen LogP contribution in [-0.2, 0) is 11.2 Å². The van der Waals surface area contributed by atoms with Gasteiger partial charge in [-0.05, 0) is 44.7 Å². The Morgan fingerprint density at radius 3 is 2.76 bits per heavy atom. The van der Waals surface area contributed by atoms with E-state index in [1.165, 1.54) is 5.56 Å². The first kappa shape index (κ1) is 16.0. The fourth-order valence-corrected chi connectivity index (χ4v) is 2.68. The Balaban J connectivity index is 1.68. The van der Waals surface area contributed by atoms with Gasteiger partial charge in [-0.1, -0.05) is 30.3 Å². The van der Waals surface area contributed by atoms with E-state index in [-0.39, 0.29) is 5.91 Å². The van der Waals surface area contributed by atoms with Crippen LogP contribution >= 0.6 is 0 Å². The van der Waals surface area contributed by atoms with Gasteiger partial charge in [0.05, 0.1) is 5.54 Å². The molecular weight excluding hydrogens is 262 g/mol. The highest BCUT2D eigenvalue weighted by Crippen LogP contribution is 2.16. The summed E-state index contributed by atoms with van der Waals surface area (Å²) in [5.74, 6) is 0.484. The monoisotopic (exact) mass is 289 g/mol. The third-order valence-corrected chi connectivity index (χ3v) is 4.07. The second-order valence-corrected chi connectivity index (χ2v) is 6.62. The molecule has 1 fully saturated rings. The topological polar surface area (TPSA) is 58.4 Å². The minimum absolute atomic E-state index is 0.0646. The summed E-state index contributed by atoms with van der Waals surface area (Å²) in [5, 5.41) is 2.97. The van der Waals surface area contributed by atoms with E-state index in [0.29, 0.717) is 5.92 Å². The van der Waals surface area contributed by atoms with Crippen molar-refractivity contribution in [2.75, 3.05) is 26.2 Å². The summed E-state index contributed by atoms with van der Waals surface area (Å²) >= 11 is 0. The summed E-state index contributed by atoms with van der Waals surface area (Å²) in [5.41, 5.74) is 6.38. The number of rotatable bonds is 6. The number of carbonyl (C=O) groups is 1. The number of hydrogen-bond donors (Lipinski definition) is 2. The quantitative estimate of drug-likeness (QED) is 0.832. The van der Waals surface area contributed by atoms with Gasteiger partial charge in [-0.15, -0.1) is 0 Å². The lowest BCUT2D eigenvalue weighted by Crippen LogP contribution is -2.50. The van der Waals surface area contributed by atoms with Crippen molar-refractivity contribution >= 4 is 5.91 Å². The zero-order valence-corrected chi connectivity index (χ0v) is 13.1. The van der Waals surface area contributed by atoms with Crippen LogP contribution in [0.4, 0.5) is 0 Å². The molecule has 1 aliphatic heterocycles. The number of amides is 1. The van der Waals surface area contributed by atoms with Crippen molar-refractivity contribution in [3.63, 3.8) is 0 Å². The van der Waals surface area contributed by atoms with Crippen LogP contribution in [0.5, 0.6) is 0 Å². The largest absolute Gasteiger partial charge is 0.354 e. The van der Waals surface area contributed by atoms with E-state index >= 15 is 0 Å². The number of nitrogens with zero attached hydrogens (tertiary/aromatic N) is 1. The van der Waals surface area contributed by atoms with Crippen LogP contribution in [0.25, 0.3) is 0 Å². The molecule has 0 aliphatic carbocycles. The van der Waals surface area contributed by atoms with E-state index < -0.39 is 5.54 Å². The van der Waals surface area contributed by atoms with Crippen LogP contribution in [-0.4, -0.2) is 42.5 Å². The molecule has 1 unspecified atom stereocenters. The first-order chi connectivity index (χ1) is 9.95. The Morgan fingerprint density at radius 1 is 1.38 bits per heavy atom. The Labute approximate surface area is 127 Å². The molecule has 1 amide bonds. The molecule has 4 heteroatoms. The highest BCUT2D eigenvalue weighted by molar-refractivity contribution is 5.84. The predicted octanol–water partition coefficient (Wildman–Crippen LogP) is 1.40. The summed E-state index contributed by atoms with van der Waals surface area (Å²) in [6.07, 6.45) is 2.25. The van der Waals surface area contributed by atoms with Gasteiger partial charge in [-0.3, -0.25) is 4.79 Å². The molecule has 1 aromatic carbocycles. The molecule has 0 aromatic heterocycles. The van der Waals surface area contributed by atoms with Crippen molar-refractivity contribution in [3.8, 4) is 0 Å². The predicted molar refractivity (Wildman–Crippen MR) is 86.0 cm³/mol. The molecular formula is C17H27N3O. The lowest BCUT2D eigenvalue weighted by molar-refractivity contribution is -0.125. The van der Waals surface area contributed by atoms with Crippen molar-refractivity contribution in [2.45, 2.75) is 32.2 Å². The maximum atomic E-state index is 11.8. The molecule has 3 N–H and O–H groups in total. The van der Waals surface area contributed by atoms with Crippen molar-refractivity contribution in [1.82, 2.24) is 10.2 Å². The number of carbonyl (C=O) groups excluding carboxylic acids is 1. The van der Waals surface area contributed by atoms with E-state index in [0.717, 1.165) is 39.0 Å². The molecule has 1 aliphatic rings. The van der Waals surface area contributed by atoms with Gasteiger partial charge in [0.15, 0.2) is 0 Å². The van der Waals surface area contributed by atoms with Crippen molar-refractivity contribution in [3.05, 3.63) is 35.9 Å². The molecule has 116 valence electrons. The highest BCUT2D eigenvalue weighted by atomic mass is 16.2. The first-order valence-electron chi connectivity index (χ1n) is 7.78. The summed E-state index contributed by atoms with van der Waals surface area (Å²) < 4.78 is 0. The van der Waals surface area contributed by atoms with Crippen molar-refractivity contribution in [1.29, 1.82) is 0 Å². The van der Waals surface area contributed by atoms with Gasteiger partial charge in [0.2, 0.25) is 5.91 Å². The van der Waals surface area contributed by atoms with Gasteiger partial charge in [0.25, 0.3) is 0 Å². The number of benzene rings is 1. The Morgan fingerprint density at radius 2 is 2.10 bits per heavy atom. The molecule has 1 atom stereocenters. The zero-order valence-electron chi connectivity index (χ0n) is 13.1. The Kier molecular flexibility index (Phi) is 5.37. The van der Waals surface area contributed by atoms with E-state index in [9.17, 15) is 4.79 Å². The van der Waals surface area contributed by atoms with Crippen LogP contribution in [0.1, 0.15) is 25.8 Å². The van der Waals surface area contributed by atoms with E-state index in [4.69, 9.17) is 5.73 Å². The standard InChI is InChI=1S/C17H27N3O/c1-17(2,18)16(21)19-12-15-9-11-20(13-15)10-8-14-6-4-3-5-7-14/h3-7,15H,8-13,18H2,1-2H3,(H,19,21). The third kappa shape index (κ3) is 5.14. The average molecular weight is 289 g/mol. The second-order valence-electron chi connectivity index (χ2n) is 6.62. The number of nitrogens with one attached hydrogen (secondary N) is 1. The lowest BCUT2D eigenvalue weighted by atomic mass is 10.1. The van der Waals surface area contributed by atoms with Crippen LogP contribution in [0.2, 0.25) is 0 Å². The van der Waals surface area contributed by atoms with Crippen molar-refractivity contribution in [2.24, 2.45) is 11.7 Å². The molecule has 0 spiro atoms. The lowest BCUT2D eigenvalue weighted by Gasteiger charge is -2.20. The SMILES string of the molecule is CC(C)(N)C(=O)NCC1CCN(CCc2ccccc2)C1. The van der Waals surface area contributed by atoms with Crippen molar-refractivity contribution < 1.29 is 4.79 Å². The Hall–Kier alpha value is -1.39. The molecule has 0 saturated carbocycles. The van der Waals surface area contributed by atoms with Crippen LogP contribution in [0.3, 0.4) is 0 Å². The molecule has 4 nitrogen and oxygen atoms in total. The molecule has 1 heterocycles. The molecule has 1 saturated heterocycles. The molecule has 21 heavy (non-hydrogen) atoms. The normalized spacial score (nSPS) is 19.7. The highest BCUT2D eigenvalue weighted by Gasteiger charge is 2.25. The van der Waals surface area contributed by atoms with E-state index in [2.05, 4.69) is 40.5 Å². The second kappa shape index (κ2) is 7.05. The van der Waals surface area contributed by atoms with Crippen LogP contribution < -0.4 is 11.1 Å². The summed E-state index contributed by atoms with van der Waals surface area (Å²) in [7, 11) is 0. The molecule has 1 aromatic rings. The van der Waals surface area contributed by atoms with E-state index in [1.54, 1.807) is 13.8 Å². The number of nitrogens with two attached hydrogens (primary N) is 1. The van der Waals surface area contributed by atoms with E-state index in [1.807, 2.05) is 0 Å². The summed E-state index contributed by atoms with van der Waals surface area (Å²) in [6, 6.07) is 10.6. The van der Waals surface area contributed by atoms with Crippen LogP contribution in [0, 0.1) is 5.92 Å². The maximum absolute atomic E-state index is 11.8. The zero-order chi connectivity index (χ0) is 15.3. The molecule has 0 radical (unpaired) electrons. The first-order valence-corrected chi connectivity index (χ1v) is 7.78. The third-order valence-electron chi connectivity index (χ3n) is 4.07. The fraction of sp³-hybridized carbons (Fsp3) is 0.588. The summed E-state index contributed by atoms with van der Waals surface area (Å²) in [4.78, 5) is 14.2. The van der Waals surface area contributed by atoms with Gasteiger partial charge in [-0.25, -0.2) is 0 Å². The van der Waals surface area contributed by atoms with Gasteiger partial charge in [0, 0.05) is 19.6 Å². The maximum Gasteiger partial charge on any atom is 0.239 e. The number of hydrogen-bond acceptors (Lipinski definition) is 3. The van der Waals surface area contributed by atoms with Gasteiger partial charge < -0.3 is 16.0 Å². The Bertz CT molecular complexity index is 453. The molecule has 2 rings (SSSR count). The molecule has 0 bridgehead atoms. The average Bonchev–Trinajstić information content (AvgIpc) is 2.90. The minimum Gasteiger partial charge on any atom is -0.354 e. The van der Waals surface area contributed by atoms with Gasteiger partial charge in [0.1, 0.15) is 0 Å². The number of likely N-dealkylation sites (tertiary alicyclic amines) is 1. The minimum atomic E-state index is -0.786. The van der Waals surface area contributed by atoms with Gasteiger partial charge >= 0.3 is 0 Å². The van der Waals surface area contributed by atoms with Crippen LogP contribution in [0.15, 0.2) is 30.3 Å². The fourth-order valence-electron chi connectivity index (χ4n) is 2.68. The summed E-state index contributed by atoms with van der Waals surface area (Å²) in [6.45, 7) is 7.50. The van der Waals surface area contributed by atoms with Gasteiger partial charge in [-0.2, -0.15) is 0 Å². The smallest absolute Gasteiger partial charge is 0.239 e.